The Hall–Kier alpha value is 5.08. The second kappa shape index (κ2) is 18.4. The first-order chi connectivity index (χ1) is 6.00. The predicted molar refractivity (Wildman–Crippen MR) is 47.2 cm³/mol. The van der Waals surface area contributed by atoms with Crippen molar-refractivity contribution in [3.8, 4) is 0 Å². The van der Waals surface area contributed by atoms with Gasteiger partial charge in [0.25, 0.3) is 0 Å². The van der Waals surface area contributed by atoms with Crippen LogP contribution in [0.2, 0.25) is 0 Å². The molecule has 0 fully saturated rings. The Bertz CT molecular complexity index is 110. The van der Waals surface area contributed by atoms with Crippen molar-refractivity contribution in [2.45, 2.75) is 0 Å². The van der Waals surface area contributed by atoms with Gasteiger partial charge in [0.2, 0.25) is 0 Å². The van der Waals surface area contributed by atoms with Crippen molar-refractivity contribution in [1.82, 2.24) is 0 Å². The van der Waals surface area contributed by atoms with E-state index in [2.05, 4.69) is 0 Å². The Labute approximate surface area is 237 Å². The summed E-state index contributed by atoms with van der Waals surface area (Å²) >= 11 is 0. The minimum atomic E-state index is -4.61. The summed E-state index contributed by atoms with van der Waals surface area (Å²) in [4.78, 5) is 87.9. The van der Waals surface area contributed by atoms with E-state index in [1.54, 1.807) is 0 Å². The van der Waals surface area contributed by atoms with Gasteiger partial charge in [-0.05, 0) is 0 Å². The zero-order valence-electron chi connectivity index (χ0n) is 12.9. The average molecular weight is 409 g/mol. The molecule has 0 saturated carbocycles. The molecular weight excluding hydrogens is 394 g/mol. The minimum Gasteiger partial charge on any atom is -1.00 e. The zero-order chi connectivity index (χ0) is 13.5. The molecule has 0 unspecified atom stereocenters. The predicted octanol–water partition coefficient (Wildman–Crippen LogP) is -16.5. The van der Waals surface area contributed by atoms with Gasteiger partial charge < -0.3 is 61.8 Å². The van der Waals surface area contributed by atoms with E-state index in [4.69, 9.17) is 57.5 Å². The van der Waals surface area contributed by atoms with Crippen molar-refractivity contribution in [2.75, 3.05) is 0 Å². The first-order valence-corrected chi connectivity index (χ1v) is 8.05. The minimum absolute atomic E-state index is 0. The summed E-state index contributed by atoms with van der Waals surface area (Å²) in [5, 5.41) is 0. The Balaban J connectivity index is -0.0000000129. The molecule has 0 aliphatic rings. The second-order valence-electron chi connectivity index (χ2n) is 1.80. The van der Waals surface area contributed by atoms with Crippen LogP contribution in [0.3, 0.4) is 0 Å². The smallest absolute Gasteiger partial charge is 1.00 e. The van der Waals surface area contributed by atoms with Crippen molar-refractivity contribution in [2.24, 2.45) is 0 Å². The van der Waals surface area contributed by atoms with E-state index in [0.717, 1.165) is 0 Å². The molecule has 18 heavy (non-hydrogen) atoms. The van der Waals surface area contributed by atoms with E-state index in [1.807, 2.05) is 0 Å². The summed E-state index contributed by atoms with van der Waals surface area (Å²) in [6, 6.07) is 0. The van der Waals surface area contributed by atoms with Crippen LogP contribution in [-0.4, -0.2) is 84.7 Å². The first-order valence-electron chi connectivity index (χ1n) is 2.68. The molecule has 0 heterocycles. The maximum Gasteiger partial charge on any atom is 1.00 e. The van der Waals surface area contributed by atoms with Gasteiger partial charge in [-0.2, -0.15) is 0 Å². The molecule has 12 N–H and O–H groups in total. The summed E-state index contributed by atoms with van der Waals surface area (Å²) in [6.07, 6.45) is 0. The SMILES string of the molecule is O[Si](O)(O)O.O[Si](O)(O)O.O[Si](O)(O)O.[H-].[H-].[H-].[K+].[K+].[K+]. The van der Waals surface area contributed by atoms with Crippen LogP contribution in [0.25, 0.3) is 0 Å². The van der Waals surface area contributed by atoms with Crippen molar-refractivity contribution in [1.29, 1.82) is 0 Å². The van der Waals surface area contributed by atoms with Gasteiger partial charge in [0.05, 0.1) is 0 Å². The summed E-state index contributed by atoms with van der Waals surface area (Å²) in [5.74, 6) is 0. The molecule has 18 heteroatoms. The van der Waals surface area contributed by atoms with E-state index in [1.165, 1.54) is 0 Å². The molecule has 0 spiro atoms. The summed E-state index contributed by atoms with van der Waals surface area (Å²) < 4.78 is 0. The van der Waals surface area contributed by atoms with Crippen LogP contribution in [-0.2, 0) is 0 Å². The van der Waals surface area contributed by atoms with Crippen LogP contribution in [0.4, 0.5) is 0 Å². The van der Waals surface area contributed by atoms with Gasteiger partial charge in [0.1, 0.15) is 0 Å². The molecular formula is H15K3O12Si3. The fourth-order valence-electron chi connectivity index (χ4n) is 0. The maximum absolute atomic E-state index is 7.33. The van der Waals surface area contributed by atoms with Crippen LogP contribution in [0, 0.1) is 0 Å². The third-order valence-corrected chi connectivity index (χ3v) is 0. The molecule has 0 amide bonds. The molecule has 102 valence electrons. The van der Waals surface area contributed by atoms with E-state index in [-0.39, 0.29) is 158 Å². The fraction of sp³-hybridized carbons (Fsp3) is 0. The molecule has 0 atom stereocenters. The first kappa shape index (κ1) is 38.6. The fourth-order valence-corrected chi connectivity index (χ4v) is 0. The third kappa shape index (κ3) is 329. The van der Waals surface area contributed by atoms with Gasteiger partial charge in [-0.15, -0.1) is 0 Å². The van der Waals surface area contributed by atoms with Crippen LogP contribution in [0.1, 0.15) is 4.28 Å². The molecule has 0 aliphatic heterocycles. The molecule has 0 saturated heterocycles. The van der Waals surface area contributed by atoms with Crippen molar-refractivity contribution >= 4 is 27.1 Å². The molecule has 12 nitrogen and oxygen atoms in total. The summed E-state index contributed by atoms with van der Waals surface area (Å²) in [5.41, 5.74) is 0. The van der Waals surface area contributed by atoms with Crippen molar-refractivity contribution in [3.05, 3.63) is 0 Å². The van der Waals surface area contributed by atoms with Crippen molar-refractivity contribution < 1.29 is 216 Å². The Morgan fingerprint density at radius 3 is 0.333 bits per heavy atom. The second-order valence-corrected chi connectivity index (χ2v) is 5.40. The normalized spacial score (nSPS) is 10.0. The Morgan fingerprint density at radius 1 is 0.333 bits per heavy atom. The van der Waals surface area contributed by atoms with Crippen LogP contribution in [0.15, 0.2) is 0 Å². The van der Waals surface area contributed by atoms with E-state index < -0.39 is 27.1 Å². The number of rotatable bonds is 0. The van der Waals surface area contributed by atoms with Crippen molar-refractivity contribution in [3.63, 3.8) is 0 Å². The Kier molecular flexibility index (Phi) is 39.5. The molecule has 0 bridgehead atoms. The van der Waals surface area contributed by atoms with E-state index >= 15 is 0 Å². The van der Waals surface area contributed by atoms with Gasteiger partial charge in [-0.3, -0.25) is 0 Å². The largest absolute Gasteiger partial charge is 1.00 e. The summed E-state index contributed by atoms with van der Waals surface area (Å²) in [7, 11) is -13.8. The molecule has 0 aromatic heterocycles. The van der Waals surface area contributed by atoms with E-state index in [9.17, 15) is 0 Å². The van der Waals surface area contributed by atoms with Gasteiger partial charge in [0, 0.05) is 0 Å². The van der Waals surface area contributed by atoms with E-state index in [0.29, 0.717) is 0 Å². The monoisotopic (exact) mass is 408 g/mol. The third-order valence-electron chi connectivity index (χ3n) is 0. The quantitative estimate of drug-likeness (QED) is 0.167. The molecule has 0 aromatic carbocycles. The molecule has 0 aromatic rings. The molecule has 0 radical (unpaired) electrons. The van der Waals surface area contributed by atoms with Gasteiger partial charge in [-0.25, -0.2) is 0 Å². The zero-order valence-corrected chi connectivity index (χ0v) is 22.2. The molecule has 0 aliphatic carbocycles. The van der Waals surface area contributed by atoms with Gasteiger partial charge in [-0.1, -0.05) is 0 Å². The summed E-state index contributed by atoms with van der Waals surface area (Å²) in [6.45, 7) is 0. The van der Waals surface area contributed by atoms with Gasteiger partial charge in [0.15, 0.2) is 0 Å². The van der Waals surface area contributed by atoms with Crippen LogP contribution >= 0.6 is 0 Å². The molecule has 0 rings (SSSR count). The standard InChI is InChI=1S/3K.3H4O4Si.3H/c;;;3*1-5(2,3)4;;;/h;;;3*1-4H;;;/q3*+1;;;;3*-1. The maximum atomic E-state index is 7.33. The van der Waals surface area contributed by atoms with Crippen LogP contribution in [0.5, 0.6) is 0 Å². The van der Waals surface area contributed by atoms with Crippen LogP contribution < -0.4 is 154 Å². The topological polar surface area (TPSA) is 243 Å². The number of hydrogen-bond donors (Lipinski definition) is 12. The van der Waals surface area contributed by atoms with Gasteiger partial charge >= 0.3 is 181 Å². The number of hydrogen-bond acceptors (Lipinski definition) is 12. The Morgan fingerprint density at radius 2 is 0.333 bits per heavy atom. The average Bonchev–Trinajstić information content (AvgIpc) is 1.41.